The second-order valence-corrected chi connectivity index (χ2v) is 5.79. The lowest BCUT2D eigenvalue weighted by molar-refractivity contribution is 0.200. The van der Waals surface area contributed by atoms with E-state index in [1.807, 2.05) is 25.1 Å². The van der Waals surface area contributed by atoms with Crippen LogP contribution in [0.2, 0.25) is 5.02 Å². The number of hydrogen-bond acceptors (Lipinski definition) is 4. The lowest BCUT2D eigenvalue weighted by Crippen LogP contribution is -2.32. The quantitative estimate of drug-likeness (QED) is 0.869. The molecule has 4 nitrogen and oxygen atoms in total. The maximum Gasteiger partial charge on any atom is 0.223 e. The van der Waals surface area contributed by atoms with Gasteiger partial charge in [-0.1, -0.05) is 28.9 Å². The summed E-state index contributed by atoms with van der Waals surface area (Å²) in [6.45, 7) is 4.92. The van der Waals surface area contributed by atoms with Crippen LogP contribution in [0.5, 0.6) is 0 Å². The van der Waals surface area contributed by atoms with E-state index in [1.165, 1.54) is 5.56 Å². The van der Waals surface area contributed by atoms with Gasteiger partial charge in [-0.2, -0.15) is 4.98 Å². The van der Waals surface area contributed by atoms with Gasteiger partial charge in [0.15, 0.2) is 5.82 Å². The fourth-order valence-electron chi connectivity index (χ4n) is 2.72. The monoisotopic (exact) mass is 291 g/mol. The molecule has 0 bridgehead atoms. The summed E-state index contributed by atoms with van der Waals surface area (Å²) in [5, 5.41) is 4.84. The highest BCUT2D eigenvalue weighted by Gasteiger charge is 2.24. The van der Waals surface area contributed by atoms with Crippen molar-refractivity contribution in [3.63, 3.8) is 0 Å². The van der Waals surface area contributed by atoms with Crippen LogP contribution in [0.4, 0.5) is 0 Å². The van der Waals surface area contributed by atoms with E-state index in [2.05, 4.69) is 21.1 Å². The highest BCUT2D eigenvalue weighted by molar-refractivity contribution is 6.30. The smallest absolute Gasteiger partial charge is 0.223 e. The molecule has 1 fully saturated rings. The normalized spacial score (nSPS) is 17.5. The maximum absolute atomic E-state index is 6.02. The first-order valence-corrected chi connectivity index (χ1v) is 7.35. The van der Waals surface area contributed by atoms with Crippen LogP contribution in [-0.4, -0.2) is 28.1 Å². The molecule has 1 aliphatic rings. The molecule has 0 N–H and O–H groups in total. The van der Waals surface area contributed by atoms with Gasteiger partial charge in [0.2, 0.25) is 5.89 Å². The zero-order chi connectivity index (χ0) is 13.9. The largest absolute Gasteiger partial charge is 0.340 e. The van der Waals surface area contributed by atoms with Crippen LogP contribution < -0.4 is 0 Å². The number of likely N-dealkylation sites (tertiary alicyclic amines) is 1. The van der Waals surface area contributed by atoms with Crippen LogP contribution in [0.15, 0.2) is 28.8 Å². The summed E-state index contributed by atoms with van der Waals surface area (Å²) < 4.78 is 5.06. The van der Waals surface area contributed by atoms with E-state index in [0.717, 1.165) is 43.3 Å². The molecule has 0 atom stereocenters. The molecule has 0 unspecified atom stereocenters. The third kappa shape index (κ3) is 3.19. The number of halogens is 1. The molecule has 0 saturated carbocycles. The van der Waals surface area contributed by atoms with Crippen molar-refractivity contribution in [2.45, 2.75) is 32.2 Å². The van der Waals surface area contributed by atoms with E-state index in [1.54, 1.807) is 0 Å². The Hall–Kier alpha value is -1.39. The standard InChI is InChI=1S/C15H18ClN3O/c1-11-17-15(18-20-11)13-5-7-19(8-6-13)10-12-3-2-4-14(16)9-12/h2-4,9,13H,5-8,10H2,1H3. The zero-order valence-corrected chi connectivity index (χ0v) is 12.3. The molecule has 2 heterocycles. The number of piperidine rings is 1. The highest BCUT2D eigenvalue weighted by Crippen LogP contribution is 2.26. The van der Waals surface area contributed by atoms with Crippen molar-refractivity contribution >= 4 is 11.6 Å². The van der Waals surface area contributed by atoms with E-state index in [9.17, 15) is 0 Å². The number of nitrogens with zero attached hydrogens (tertiary/aromatic N) is 3. The van der Waals surface area contributed by atoms with Gasteiger partial charge in [0.1, 0.15) is 0 Å². The predicted octanol–water partition coefficient (Wildman–Crippen LogP) is 3.41. The van der Waals surface area contributed by atoms with E-state index in [4.69, 9.17) is 16.1 Å². The first-order chi connectivity index (χ1) is 9.70. The minimum absolute atomic E-state index is 0.433. The van der Waals surface area contributed by atoms with Crippen molar-refractivity contribution in [1.82, 2.24) is 15.0 Å². The summed E-state index contributed by atoms with van der Waals surface area (Å²) in [7, 11) is 0. The molecule has 0 amide bonds. The number of hydrogen-bond donors (Lipinski definition) is 0. The van der Waals surface area contributed by atoms with E-state index >= 15 is 0 Å². The van der Waals surface area contributed by atoms with Gasteiger partial charge >= 0.3 is 0 Å². The molecule has 5 heteroatoms. The van der Waals surface area contributed by atoms with Crippen molar-refractivity contribution in [2.24, 2.45) is 0 Å². The molecule has 1 aliphatic heterocycles. The van der Waals surface area contributed by atoms with Crippen molar-refractivity contribution in [3.05, 3.63) is 46.6 Å². The minimum atomic E-state index is 0.433. The molecule has 1 saturated heterocycles. The first-order valence-electron chi connectivity index (χ1n) is 6.98. The maximum atomic E-state index is 6.02. The average molecular weight is 292 g/mol. The summed E-state index contributed by atoms with van der Waals surface area (Å²) in [5.74, 6) is 1.95. The van der Waals surface area contributed by atoms with Crippen LogP contribution >= 0.6 is 11.6 Å². The Bertz CT molecular complexity index is 576. The highest BCUT2D eigenvalue weighted by atomic mass is 35.5. The molecule has 1 aromatic carbocycles. The molecule has 0 radical (unpaired) electrons. The second-order valence-electron chi connectivity index (χ2n) is 5.35. The van der Waals surface area contributed by atoms with Crippen LogP contribution in [0, 0.1) is 6.92 Å². The lowest BCUT2D eigenvalue weighted by Gasteiger charge is -2.30. The fraction of sp³-hybridized carbons (Fsp3) is 0.467. The van der Waals surface area contributed by atoms with Crippen LogP contribution in [-0.2, 0) is 6.54 Å². The molecular weight excluding hydrogens is 274 g/mol. The van der Waals surface area contributed by atoms with Gasteiger partial charge in [0.05, 0.1) is 0 Å². The molecular formula is C15H18ClN3O. The van der Waals surface area contributed by atoms with E-state index in [-0.39, 0.29) is 0 Å². The third-order valence-electron chi connectivity index (χ3n) is 3.79. The van der Waals surface area contributed by atoms with Gasteiger partial charge in [0, 0.05) is 24.4 Å². The molecule has 3 rings (SSSR count). The third-order valence-corrected chi connectivity index (χ3v) is 4.03. The summed E-state index contributed by atoms with van der Waals surface area (Å²) in [6, 6.07) is 8.08. The zero-order valence-electron chi connectivity index (χ0n) is 11.6. The SMILES string of the molecule is Cc1nc(C2CCN(Cc3cccc(Cl)c3)CC2)no1. The van der Waals surface area contributed by atoms with Crippen molar-refractivity contribution in [2.75, 3.05) is 13.1 Å². The Kier molecular flexibility index (Phi) is 4.03. The Morgan fingerprint density at radius 3 is 2.80 bits per heavy atom. The van der Waals surface area contributed by atoms with E-state index in [0.29, 0.717) is 11.8 Å². The van der Waals surface area contributed by atoms with Gasteiger partial charge in [-0.05, 0) is 43.6 Å². The van der Waals surface area contributed by atoms with Gasteiger partial charge in [-0.3, -0.25) is 4.90 Å². The number of rotatable bonds is 3. The summed E-state index contributed by atoms with van der Waals surface area (Å²) >= 11 is 6.02. The topological polar surface area (TPSA) is 42.2 Å². The summed E-state index contributed by atoms with van der Waals surface area (Å²) in [4.78, 5) is 6.79. The minimum Gasteiger partial charge on any atom is -0.340 e. The average Bonchev–Trinajstić information content (AvgIpc) is 2.86. The summed E-state index contributed by atoms with van der Waals surface area (Å²) in [6.07, 6.45) is 2.17. The van der Waals surface area contributed by atoms with Crippen molar-refractivity contribution in [3.8, 4) is 0 Å². The molecule has 0 aliphatic carbocycles. The predicted molar refractivity (Wildman–Crippen MR) is 77.7 cm³/mol. The van der Waals surface area contributed by atoms with Crippen LogP contribution in [0.3, 0.4) is 0 Å². The van der Waals surface area contributed by atoms with Crippen molar-refractivity contribution in [1.29, 1.82) is 0 Å². The molecule has 20 heavy (non-hydrogen) atoms. The van der Waals surface area contributed by atoms with Gasteiger partial charge in [0.25, 0.3) is 0 Å². The first kappa shape index (κ1) is 13.6. The lowest BCUT2D eigenvalue weighted by atomic mass is 9.96. The Morgan fingerprint density at radius 1 is 1.35 bits per heavy atom. The van der Waals surface area contributed by atoms with E-state index < -0.39 is 0 Å². The second kappa shape index (κ2) is 5.94. The Balaban J connectivity index is 1.56. The number of aromatic nitrogens is 2. The van der Waals surface area contributed by atoms with Crippen LogP contribution in [0.25, 0.3) is 0 Å². The Labute approximate surface area is 123 Å². The molecule has 2 aromatic rings. The van der Waals surface area contributed by atoms with Gasteiger partial charge in [-0.15, -0.1) is 0 Å². The Morgan fingerprint density at radius 2 is 2.15 bits per heavy atom. The van der Waals surface area contributed by atoms with Crippen LogP contribution in [0.1, 0.15) is 36.0 Å². The molecule has 0 spiro atoms. The molecule has 1 aromatic heterocycles. The van der Waals surface area contributed by atoms with Gasteiger partial charge in [-0.25, -0.2) is 0 Å². The number of aryl methyl sites for hydroxylation is 1. The number of benzene rings is 1. The fourth-order valence-corrected chi connectivity index (χ4v) is 2.94. The van der Waals surface area contributed by atoms with Gasteiger partial charge < -0.3 is 4.52 Å². The summed E-state index contributed by atoms with van der Waals surface area (Å²) in [5.41, 5.74) is 1.27. The van der Waals surface area contributed by atoms with Crippen molar-refractivity contribution < 1.29 is 4.52 Å². The molecule has 106 valence electrons.